The number of urea groups is 1. The van der Waals surface area contributed by atoms with E-state index in [0.717, 1.165) is 23.0 Å². The van der Waals surface area contributed by atoms with Crippen molar-refractivity contribution in [2.45, 2.75) is 26.8 Å². The van der Waals surface area contributed by atoms with Gasteiger partial charge in [0.2, 0.25) is 0 Å². The third-order valence-electron chi connectivity index (χ3n) is 4.24. The lowest BCUT2D eigenvalue weighted by molar-refractivity contribution is 0.252. The van der Waals surface area contributed by atoms with Crippen molar-refractivity contribution in [2.75, 3.05) is 11.9 Å². The Bertz CT molecular complexity index is 964. The van der Waals surface area contributed by atoms with Crippen LogP contribution < -0.4 is 10.6 Å². The normalized spacial score (nSPS) is 10.7. The predicted octanol–water partition coefficient (Wildman–Crippen LogP) is 4.19. The molecule has 3 rings (SSSR count). The first-order valence-corrected chi connectivity index (χ1v) is 8.99. The maximum Gasteiger partial charge on any atom is 0.319 e. The number of hydrogen-bond acceptors (Lipinski definition) is 2. The fraction of sp³-hybridized carbons (Fsp3) is 0.238. The zero-order valence-electron chi connectivity index (χ0n) is 15.8. The molecular weight excluding hydrogens is 362 g/mol. The van der Waals surface area contributed by atoms with E-state index in [4.69, 9.17) is 0 Å². The summed E-state index contributed by atoms with van der Waals surface area (Å²) in [6, 6.07) is 12.5. The van der Waals surface area contributed by atoms with Gasteiger partial charge in [0, 0.05) is 24.0 Å². The van der Waals surface area contributed by atoms with Gasteiger partial charge in [0.25, 0.3) is 0 Å². The second-order valence-corrected chi connectivity index (χ2v) is 6.69. The zero-order chi connectivity index (χ0) is 20.1. The monoisotopic (exact) mass is 384 g/mol. The number of aromatic nitrogens is 2. The van der Waals surface area contributed by atoms with Gasteiger partial charge >= 0.3 is 6.03 Å². The predicted molar refractivity (Wildman–Crippen MR) is 104 cm³/mol. The van der Waals surface area contributed by atoms with E-state index in [1.165, 1.54) is 12.1 Å². The topological polar surface area (TPSA) is 59.0 Å². The standard InChI is InChI=1S/C21H22F2N4O/c1-14-8-15(2)27(26-14)13-17-4-3-5-20(11-17)25-21(28)24-7-6-16-9-18(22)12-19(23)10-16/h3-5,8-12H,6-7,13H2,1-2H3,(H2,24,25,28). The van der Waals surface area contributed by atoms with Gasteiger partial charge in [0.05, 0.1) is 12.2 Å². The van der Waals surface area contributed by atoms with E-state index in [9.17, 15) is 13.6 Å². The summed E-state index contributed by atoms with van der Waals surface area (Å²) in [7, 11) is 0. The Morgan fingerprint density at radius 2 is 1.79 bits per heavy atom. The van der Waals surface area contributed by atoms with Crippen LogP contribution >= 0.6 is 0 Å². The van der Waals surface area contributed by atoms with Crippen molar-refractivity contribution in [2.24, 2.45) is 0 Å². The Balaban J connectivity index is 1.53. The molecule has 0 radical (unpaired) electrons. The number of aryl methyl sites for hydroxylation is 2. The molecule has 5 nitrogen and oxygen atoms in total. The number of amides is 2. The maximum absolute atomic E-state index is 13.2. The molecule has 3 aromatic rings. The van der Waals surface area contributed by atoms with Gasteiger partial charge in [-0.2, -0.15) is 5.10 Å². The maximum atomic E-state index is 13.2. The van der Waals surface area contributed by atoms with E-state index in [-0.39, 0.29) is 12.6 Å². The summed E-state index contributed by atoms with van der Waals surface area (Å²) in [6.07, 6.45) is 0.333. The van der Waals surface area contributed by atoms with Gasteiger partial charge in [-0.15, -0.1) is 0 Å². The molecule has 1 aromatic heterocycles. The number of carbonyl (C=O) groups is 1. The smallest absolute Gasteiger partial charge is 0.319 e. The number of halogens is 2. The average molecular weight is 384 g/mol. The van der Waals surface area contributed by atoms with Crippen LogP contribution in [-0.2, 0) is 13.0 Å². The van der Waals surface area contributed by atoms with Crippen LogP contribution in [-0.4, -0.2) is 22.4 Å². The SMILES string of the molecule is Cc1cc(C)n(Cc2cccc(NC(=O)NCCc3cc(F)cc(F)c3)c2)n1. The van der Waals surface area contributed by atoms with Gasteiger partial charge in [0.15, 0.2) is 0 Å². The first-order valence-electron chi connectivity index (χ1n) is 8.99. The van der Waals surface area contributed by atoms with Crippen molar-refractivity contribution in [1.29, 1.82) is 0 Å². The minimum Gasteiger partial charge on any atom is -0.338 e. The largest absolute Gasteiger partial charge is 0.338 e. The molecule has 7 heteroatoms. The summed E-state index contributed by atoms with van der Waals surface area (Å²) in [5, 5.41) is 9.90. The number of rotatable bonds is 6. The van der Waals surface area contributed by atoms with E-state index in [1.54, 1.807) is 6.07 Å². The molecular formula is C21H22F2N4O. The number of anilines is 1. The van der Waals surface area contributed by atoms with Crippen LogP contribution in [0.4, 0.5) is 19.3 Å². The molecule has 0 aliphatic heterocycles. The molecule has 2 amide bonds. The lowest BCUT2D eigenvalue weighted by Crippen LogP contribution is -2.30. The first-order chi connectivity index (χ1) is 13.4. The number of nitrogens with one attached hydrogen (secondary N) is 2. The highest BCUT2D eigenvalue weighted by Crippen LogP contribution is 2.13. The summed E-state index contributed by atoms with van der Waals surface area (Å²) in [4.78, 5) is 12.1. The highest BCUT2D eigenvalue weighted by Gasteiger charge is 2.06. The molecule has 0 saturated heterocycles. The number of carbonyl (C=O) groups excluding carboxylic acids is 1. The van der Waals surface area contributed by atoms with Gasteiger partial charge in [-0.3, -0.25) is 4.68 Å². The molecule has 0 saturated carbocycles. The van der Waals surface area contributed by atoms with Gasteiger partial charge < -0.3 is 10.6 Å². The van der Waals surface area contributed by atoms with Gasteiger partial charge in [-0.25, -0.2) is 13.6 Å². The first kappa shape index (κ1) is 19.5. The molecule has 2 N–H and O–H groups in total. The molecule has 0 atom stereocenters. The Labute approximate surface area is 162 Å². The summed E-state index contributed by atoms with van der Waals surface area (Å²) in [6.45, 7) is 4.83. The van der Waals surface area contributed by atoms with Crippen molar-refractivity contribution < 1.29 is 13.6 Å². The van der Waals surface area contributed by atoms with Gasteiger partial charge in [-0.1, -0.05) is 12.1 Å². The van der Waals surface area contributed by atoms with Crippen molar-refractivity contribution in [3.05, 3.63) is 82.7 Å². The van der Waals surface area contributed by atoms with Crippen molar-refractivity contribution in [3.63, 3.8) is 0 Å². The van der Waals surface area contributed by atoms with Gasteiger partial charge in [0.1, 0.15) is 11.6 Å². The van der Waals surface area contributed by atoms with Gasteiger partial charge in [-0.05, 0) is 61.7 Å². The molecule has 146 valence electrons. The lowest BCUT2D eigenvalue weighted by atomic mass is 10.1. The Morgan fingerprint density at radius 3 is 2.46 bits per heavy atom. The molecule has 28 heavy (non-hydrogen) atoms. The van der Waals surface area contributed by atoms with E-state index >= 15 is 0 Å². The molecule has 0 aliphatic carbocycles. The zero-order valence-corrected chi connectivity index (χ0v) is 15.8. The van der Waals surface area contributed by atoms with E-state index in [0.29, 0.717) is 24.2 Å². The summed E-state index contributed by atoms with van der Waals surface area (Å²) in [5.74, 6) is -1.25. The molecule has 0 unspecified atom stereocenters. The van der Waals surface area contributed by atoms with Crippen molar-refractivity contribution >= 4 is 11.7 Å². The van der Waals surface area contributed by atoms with Crippen LogP contribution in [0.1, 0.15) is 22.5 Å². The van der Waals surface area contributed by atoms with Crippen molar-refractivity contribution in [1.82, 2.24) is 15.1 Å². The third kappa shape index (κ3) is 5.39. The summed E-state index contributed by atoms with van der Waals surface area (Å²) in [5.41, 5.74) is 4.20. The molecule has 1 heterocycles. The Morgan fingerprint density at radius 1 is 1.04 bits per heavy atom. The fourth-order valence-corrected chi connectivity index (χ4v) is 3.01. The van der Waals surface area contributed by atoms with Crippen molar-refractivity contribution in [3.8, 4) is 0 Å². The van der Waals surface area contributed by atoms with Crippen LogP contribution in [0, 0.1) is 25.5 Å². The Hall–Kier alpha value is -3.22. The van der Waals surface area contributed by atoms with Crippen LogP contribution in [0.2, 0.25) is 0 Å². The molecule has 0 spiro atoms. The molecule has 0 bridgehead atoms. The lowest BCUT2D eigenvalue weighted by Gasteiger charge is -2.10. The molecule has 0 aliphatic rings. The van der Waals surface area contributed by atoms with Crippen LogP contribution in [0.25, 0.3) is 0 Å². The third-order valence-corrected chi connectivity index (χ3v) is 4.24. The minimum atomic E-state index is -0.626. The highest BCUT2D eigenvalue weighted by molar-refractivity contribution is 5.89. The number of benzene rings is 2. The second kappa shape index (κ2) is 8.65. The summed E-state index contributed by atoms with van der Waals surface area (Å²) >= 11 is 0. The molecule has 2 aromatic carbocycles. The average Bonchev–Trinajstić information content (AvgIpc) is 2.91. The highest BCUT2D eigenvalue weighted by atomic mass is 19.1. The van der Waals surface area contributed by atoms with E-state index in [2.05, 4.69) is 15.7 Å². The van der Waals surface area contributed by atoms with E-state index < -0.39 is 11.6 Å². The van der Waals surface area contributed by atoms with Crippen LogP contribution in [0.3, 0.4) is 0 Å². The fourth-order valence-electron chi connectivity index (χ4n) is 3.01. The summed E-state index contributed by atoms with van der Waals surface area (Å²) < 4.78 is 28.3. The van der Waals surface area contributed by atoms with Crippen LogP contribution in [0.15, 0.2) is 48.5 Å². The molecule has 0 fully saturated rings. The Kier molecular flexibility index (Phi) is 6.03. The quantitative estimate of drug-likeness (QED) is 0.670. The second-order valence-electron chi connectivity index (χ2n) is 6.69. The van der Waals surface area contributed by atoms with Crippen LogP contribution in [0.5, 0.6) is 0 Å². The number of hydrogen-bond donors (Lipinski definition) is 2. The minimum absolute atomic E-state index is 0.264. The number of nitrogens with zero attached hydrogens (tertiary/aromatic N) is 2. The van der Waals surface area contributed by atoms with E-state index in [1.807, 2.05) is 42.8 Å².